The first-order valence-corrected chi connectivity index (χ1v) is 7.95. The molecule has 0 fully saturated rings. The molecule has 0 heterocycles. The summed E-state index contributed by atoms with van der Waals surface area (Å²) >= 11 is 0. The standard InChI is InChI=1S/C19H25N3O.ClH/c1-13(2)18(20)19(23)22-17-11-9-16(10-12-17)21-14(3)15-7-5-4-6-8-15;/h4-14,18,21H,20H2,1-3H3,(H,22,23);1H/t14?,18-;/m0./s1. The first kappa shape index (κ1) is 20.0. The molecule has 130 valence electrons. The van der Waals surface area contributed by atoms with Crippen molar-refractivity contribution in [2.75, 3.05) is 10.6 Å². The number of rotatable bonds is 6. The molecule has 4 nitrogen and oxygen atoms in total. The molecule has 0 aliphatic carbocycles. The number of amides is 1. The van der Waals surface area contributed by atoms with Gasteiger partial charge in [-0.25, -0.2) is 0 Å². The monoisotopic (exact) mass is 347 g/mol. The highest BCUT2D eigenvalue weighted by Crippen LogP contribution is 2.20. The van der Waals surface area contributed by atoms with Gasteiger partial charge in [0.25, 0.3) is 0 Å². The Labute approximate surface area is 150 Å². The number of hydrogen-bond donors (Lipinski definition) is 3. The number of carbonyl (C=O) groups is 1. The molecule has 2 aromatic rings. The van der Waals surface area contributed by atoms with Crippen LogP contribution in [-0.2, 0) is 4.79 Å². The highest BCUT2D eigenvalue weighted by molar-refractivity contribution is 5.94. The first-order valence-electron chi connectivity index (χ1n) is 7.95. The number of halogens is 1. The molecule has 24 heavy (non-hydrogen) atoms. The molecule has 4 N–H and O–H groups in total. The summed E-state index contributed by atoms with van der Waals surface area (Å²) in [5, 5.41) is 6.29. The van der Waals surface area contributed by atoms with Gasteiger partial charge in [0.1, 0.15) is 0 Å². The van der Waals surface area contributed by atoms with Crippen LogP contribution in [0.1, 0.15) is 32.4 Å². The fourth-order valence-electron chi connectivity index (χ4n) is 2.25. The van der Waals surface area contributed by atoms with Gasteiger partial charge in [-0.3, -0.25) is 4.79 Å². The fraction of sp³-hybridized carbons (Fsp3) is 0.316. The summed E-state index contributed by atoms with van der Waals surface area (Å²) in [4.78, 5) is 11.9. The first-order chi connectivity index (χ1) is 11.0. The zero-order chi connectivity index (χ0) is 16.8. The molecule has 0 aromatic heterocycles. The van der Waals surface area contributed by atoms with E-state index in [0.717, 1.165) is 11.4 Å². The summed E-state index contributed by atoms with van der Waals surface area (Å²) in [5.74, 6) is -0.0407. The Morgan fingerprint density at radius 2 is 1.46 bits per heavy atom. The van der Waals surface area contributed by atoms with Crippen molar-refractivity contribution in [2.24, 2.45) is 11.7 Å². The van der Waals surface area contributed by atoms with Crippen molar-refractivity contribution < 1.29 is 4.79 Å². The van der Waals surface area contributed by atoms with E-state index in [4.69, 9.17) is 5.73 Å². The maximum atomic E-state index is 11.9. The molecule has 0 spiro atoms. The topological polar surface area (TPSA) is 67.1 Å². The van der Waals surface area contributed by atoms with E-state index in [2.05, 4.69) is 29.7 Å². The van der Waals surface area contributed by atoms with E-state index >= 15 is 0 Å². The second kappa shape index (κ2) is 9.30. The SMILES string of the molecule is CC(Nc1ccc(NC(=O)[C@@H](N)C(C)C)cc1)c1ccccc1.Cl. The smallest absolute Gasteiger partial charge is 0.241 e. The summed E-state index contributed by atoms with van der Waals surface area (Å²) in [5.41, 5.74) is 8.83. The van der Waals surface area contributed by atoms with E-state index < -0.39 is 6.04 Å². The predicted octanol–water partition coefficient (Wildman–Crippen LogP) is 4.20. The van der Waals surface area contributed by atoms with E-state index in [1.54, 1.807) is 0 Å². The summed E-state index contributed by atoms with van der Waals surface area (Å²) in [6.45, 7) is 5.98. The Bertz CT molecular complexity index is 629. The molecule has 1 unspecified atom stereocenters. The largest absolute Gasteiger partial charge is 0.379 e. The molecule has 5 heteroatoms. The van der Waals surface area contributed by atoms with Gasteiger partial charge in [-0.05, 0) is 42.7 Å². The van der Waals surface area contributed by atoms with Crippen molar-refractivity contribution >= 4 is 29.7 Å². The Hall–Kier alpha value is -2.04. The lowest BCUT2D eigenvalue weighted by Crippen LogP contribution is -2.39. The Morgan fingerprint density at radius 1 is 0.917 bits per heavy atom. The molecule has 2 rings (SSSR count). The van der Waals surface area contributed by atoms with Crippen LogP contribution < -0.4 is 16.4 Å². The van der Waals surface area contributed by atoms with Gasteiger partial charge in [0.05, 0.1) is 6.04 Å². The van der Waals surface area contributed by atoms with E-state index in [1.165, 1.54) is 5.56 Å². The van der Waals surface area contributed by atoms with Gasteiger partial charge in [0.2, 0.25) is 5.91 Å². The molecule has 2 atom stereocenters. The Morgan fingerprint density at radius 3 is 2.00 bits per heavy atom. The van der Waals surface area contributed by atoms with E-state index in [9.17, 15) is 4.79 Å². The molecule has 0 saturated carbocycles. The maximum Gasteiger partial charge on any atom is 0.241 e. The lowest BCUT2D eigenvalue weighted by Gasteiger charge is -2.17. The summed E-state index contributed by atoms with van der Waals surface area (Å²) in [6, 6.07) is 17.7. The Balaban J connectivity index is 0.00000288. The van der Waals surface area contributed by atoms with Crippen LogP contribution in [0.3, 0.4) is 0 Å². The van der Waals surface area contributed by atoms with Crippen LogP contribution in [0.2, 0.25) is 0 Å². The van der Waals surface area contributed by atoms with Crippen molar-refractivity contribution in [2.45, 2.75) is 32.9 Å². The van der Waals surface area contributed by atoms with Crippen molar-refractivity contribution in [1.29, 1.82) is 0 Å². The van der Waals surface area contributed by atoms with Gasteiger partial charge in [0.15, 0.2) is 0 Å². The number of nitrogens with one attached hydrogen (secondary N) is 2. The van der Waals surface area contributed by atoms with Gasteiger partial charge in [-0.15, -0.1) is 12.4 Å². The lowest BCUT2D eigenvalue weighted by molar-refractivity contribution is -0.118. The highest BCUT2D eigenvalue weighted by atomic mass is 35.5. The second-order valence-electron chi connectivity index (χ2n) is 6.11. The number of carbonyl (C=O) groups excluding carboxylic acids is 1. The van der Waals surface area contributed by atoms with Gasteiger partial charge >= 0.3 is 0 Å². The zero-order valence-corrected chi connectivity index (χ0v) is 15.1. The van der Waals surface area contributed by atoms with Crippen molar-refractivity contribution in [3.63, 3.8) is 0 Å². The normalized spacial score (nSPS) is 12.9. The van der Waals surface area contributed by atoms with E-state index in [1.807, 2.05) is 56.3 Å². The van der Waals surface area contributed by atoms with Crippen molar-refractivity contribution in [3.8, 4) is 0 Å². The molecule has 0 saturated heterocycles. The van der Waals surface area contributed by atoms with Gasteiger partial charge in [0, 0.05) is 17.4 Å². The quantitative estimate of drug-likeness (QED) is 0.733. The lowest BCUT2D eigenvalue weighted by atomic mass is 10.0. The summed E-state index contributed by atoms with van der Waals surface area (Å²) in [7, 11) is 0. The third kappa shape index (κ3) is 5.55. The maximum absolute atomic E-state index is 11.9. The predicted molar refractivity (Wildman–Crippen MR) is 104 cm³/mol. The summed E-state index contributed by atoms with van der Waals surface area (Å²) < 4.78 is 0. The van der Waals surface area contributed by atoms with Crippen LogP contribution in [0.5, 0.6) is 0 Å². The minimum atomic E-state index is -0.495. The molecule has 0 aliphatic heterocycles. The zero-order valence-electron chi connectivity index (χ0n) is 14.3. The average molecular weight is 348 g/mol. The van der Waals surface area contributed by atoms with E-state index in [0.29, 0.717) is 0 Å². The number of hydrogen-bond acceptors (Lipinski definition) is 3. The van der Waals surface area contributed by atoms with Gasteiger partial charge < -0.3 is 16.4 Å². The minimum absolute atomic E-state index is 0. The van der Waals surface area contributed by atoms with Crippen LogP contribution in [0, 0.1) is 5.92 Å². The van der Waals surface area contributed by atoms with Crippen LogP contribution in [0.15, 0.2) is 54.6 Å². The number of benzene rings is 2. The van der Waals surface area contributed by atoms with E-state index in [-0.39, 0.29) is 30.3 Å². The number of anilines is 2. The van der Waals surface area contributed by atoms with Gasteiger partial charge in [-0.1, -0.05) is 44.2 Å². The van der Waals surface area contributed by atoms with Crippen LogP contribution in [0.25, 0.3) is 0 Å². The van der Waals surface area contributed by atoms with Gasteiger partial charge in [-0.2, -0.15) is 0 Å². The highest BCUT2D eigenvalue weighted by Gasteiger charge is 2.17. The third-order valence-electron chi connectivity index (χ3n) is 3.86. The van der Waals surface area contributed by atoms with Crippen LogP contribution in [0.4, 0.5) is 11.4 Å². The van der Waals surface area contributed by atoms with Crippen LogP contribution >= 0.6 is 12.4 Å². The molecule has 0 aliphatic rings. The second-order valence-corrected chi connectivity index (χ2v) is 6.11. The summed E-state index contributed by atoms with van der Waals surface area (Å²) in [6.07, 6.45) is 0. The fourth-order valence-corrected chi connectivity index (χ4v) is 2.25. The molecular weight excluding hydrogens is 322 g/mol. The molecule has 0 radical (unpaired) electrons. The minimum Gasteiger partial charge on any atom is -0.379 e. The molecule has 0 bridgehead atoms. The van der Waals surface area contributed by atoms with Crippen molar-refractivity contribution in [1.82, 2.24) is 0 Å². The molecule has 1 amide bonds. The molecule has 2 aromatic carbocycles. The molecular formula is C19H26ClN3O. The third-order valence-corrected chi connectivity index (χ3v) is 3.86. The average Bonchev–Trinajstić information content (AvgIpc) is 2.56. The van der Waals surface area contributed by atoms with Crippen LogP contribution in [-0.4, -0.2) is 11.9 Å². The Kier molecular flexibility index (Phi) is 7.75. The number of nitrogens with two attached hydrogens (primary N) is 1. The van der Waals surface area contributed by atoms with Crippen molar-refractivity contribution in [3.05, 3.63) is 60.2 Å².